The maximum absolute atomic E-state index is 5.74. The number of benzene rings is 1. The zero-order valence-electron chi connectivity index (χ0n) is 9.28. The molecule has 0 bridgehead atoms. The Bertz CT molecular complexity index is 322. The number of hydrogen-bond donors (Lipinski definition) is 1. The van der Waals surface area contributed by atoms with E-state index in [0.29, 0.717) is 12.0 Å². The van der Waals surface area contributed by atoms with Crippen LogP contribution in [0.3, 0.4) is 0 Å². The largest absolute Gasteiger partial charge is 0.493 e. The standard InChI is InChI=1S/C13H19NO/c1-10(14)5-4-6-11-9-15-13-8-3-2-7-12(11)13/h2-3,7-8,10-11H,4-6,9,14H2,1H3. The van der Waals surface area contributed by atoms with E-state index in [1.807, 2.05) is 6.07 Å². The molecule has 0 fully saturated rings. The summed E-state index contributed by atoms with van der Waals surface area (Å²) in [6.45, 7) is 2.91. The van der Waals surface area contributed by atoms with E-state index >= 15 is 0 Å². The highest BCUT2D eigenvalue weighted by atomic mass is 16.5. The normalized spacial score (nSPS) is 20.8. The minimum absolute atomic E-state index is 0.322. The maximum Gasteiger partial charge on any atom is 0.122 e. The third-order valence-electron chi connectivity index (χ3n) is 3.01. The molecule has 0 radical (unpaired) electrons. The molecule has 0 spiro atoms. The van der Waals surface area contributed by atoms with Crippen LogP contribution in [-0.2, 0) is 0 Å². The Morgan fingerprint density at radius 2 is 2.27 bits per heavy atom. The minimum Gasteiger partial charge on any atom is -0.493 e. The molecule has 1 aliphatic rings. The zero-order chi connectivity index (χ0) is 10.7. The lowest BCUT2D eigenvalue weighted by Crippen LogP contribution is -2.14. The number of ether oxygens (including phenoxy) is 1. The molecule has 2 unspecified atom stereocenters. The average molecular weight is 205 g/mol. The third-order valence-corrected chi connectivity index (χ3v) is 3.01. The van der Waals surface area contributed by atoms with Crippen LogP contribution in [0.4, 0.5) is 0 Å². The van der Waals surface area contributed by atoms with Gasteiger partial charge in [-0.05, 0) is 25.8 Å². The molecular weight excluding hydrogens is 186 g/mol. The first-order chi connectivity index (χ1) is 7.27. The molecule has 82 valence electrons. The molecule has 0 saturated carbocycles. The van der Waals surface area contributed by atoms with E-state index in [0.717, 1.165) is 18.8 Å². The first-order valence-corrected chi connectivity index (χ1v) is 5.74. The van der Waals surface area contributed by atoms with Gasteiger partial charge in [0.15, 0.2) is 0 Å². The molecule has 15 heavy (non-hydrogen) atoms. The molecule has 0 saturated heterocycles. The fraction of sp³-hybridized carbons (Fsp3) is 0.538. The lowest BCUT2D eigenvalue weighted by Gasteiger charge is -2.09. The van der Waals surface area contributed by atoms with Crippen LogP contribution in [0.5, 0.6) is 5.75 Å². The highest BCUT2D eigenvalue weighted by Gasteiger charge is 2.22. The van der Waals surface area contributed by atoms with Crippen molar-refractivity contribution in [1.82, 2.24) is 0 Å². The van der Waals surface area contributed by atoms with Crippen molar-refractivity contribution in [2.45, 2.75) is 38.1 Å². The zero-order valence-corrected chi connectivity index (χ0v) is 9.28. The first-order valence-electron chi connectivity index (χ1n) is 5.74. The van der Waals surface area contributed by atoms with Crippen molar-refractivity contribution in [1.29, 1.82) is 0 Å². The van der Waals surface area contributed by atoms with Gasteiger partial charge in [-0.2, -0.15) is 0 Å². The smallest absolute Gasteiger partial charge is 0.122 e. The summed E-state index contributed by atoms with van der Waals surface area (Å²) < 4.78 is 5.64. The Hall–Kier alpha value is -1.02. The molecule has 1 aromatic carbocycles. The van der Waals surface area contributed by atoms with Crippen LogP contribution < -0.4 is 10.5 Å². The Morgan fingerprint density at radius 3 is 3.07 bits per heavy atom. The lowest BCUT2D eigenvalue weighted by atomic mass is 9.95. The molecule has 0 aromatic heterocycles. The third kappa shape index (κ3) is 2.51. The topological polar surface area (TPSA) is 35.2 Å². The monoisotopic (exact) mass is 205 g/mol. The second kappa shape index (κ2) is 4.67. The predicted octanol–water partition coefficient (Wildman–Crippen LogP) is 2.68. The van der Waals surface area contributed by atoms with Crippen molar-refractivity contribution in [3.05, 3.63) is 29.8 Å². The molecule has 2 nitrogen and oxygen atoms in total. The van der Waals surface area contributed by atoms with Gasteiger partial charge in [0.1, 0.15) is 5.75 Å². The summed E-state index contributed by atoms with van der Waals surface area (Å²) in [6.07, 6.45) is 3.50. The van der Waals surface area contributed by atoms with Crippen LogP contribution in [-0.4, -0.2) is 12.6 Å². The Labute approximate surface area is 91.4 Å². The molecule has 2 N–H and O–H groups in total. The van der Waals surface area contributed by atoms with Gasteiger partial charge in [-0.25, -0.2) is 0 Å². The van der Waals surface area contributed by atoms with Crippen molar-refractivity contribution in [3.8, 4) is 5.75 Å². The van der Waals surface area contributed by atoms with Crippen molar-refractivity contribution < 1.29 is 4.74 Å². The van der Waals surface area contributed by atoms with Crippen LogP contribution in [0.1, 0.15) is 37.7 Å². The molecule has 2 heteroatoms. The summed E-state index contributed by atoms with van der Waals surface area (Å²) in [7, 11) is 0. The Balaban J connectivity index is 1.90. The highest BCUT2D eigenvalue weighted by molar-refractivity contribution is 5.39. The molecule has 0 amide bonds. The van der Waals surface area contributed by atoms with Crippen molar-refractivity contribution in [3.63, 3.8) is 0 Å². The fourth-order valence-electron chi connectivity index (χ4n) is 2.15. The van der Waals surface area contributed by atoms with E-state index in [-0.39, 0.29) is 0 Å². The molecule has 1 heterocycles. The van der Waals surface area contributed by atoms with Crippen molar-refractivity contribution in [2.75, 3.05) is 6.61 Å². The summed E-state index contributed by atoms with van der Waals surface area (Å²) in [4.78, 5) is 0. The number of fused-ring (bicyclic) bond motifs is 1. The number of hydrogen-bond acceptors (Lipinski definition) is 2. The van der Waals surface area contributed by atoms with E-state index in [9.17, 15) is 0 Å². The Morgan fingerprint density at radius 1 is 1.47 bits per heavy atom. The van der Waals surface area contributed by atoms with Crippen molar-refractivity contribution in [2.24, 2.45) is 5.73 Å². The van der Waals surface area contributed by atoms with Gasteiger partial charge in [-0.3, -0.25) is 0 Å². The first kappa shape index (κ1) is 10.5. The highest BCUT2D eigenvalue weighted by Crippen LogP contribution is 2.36. The summed E-state index contributed by atoms with van der Waals surface area (Å²) in [5.74, 6) is 1.66. The second-order valence-corrected chi connectivity index (χ2v) is 4.45. The average Bonchev–Trinajstić information content (AvgIpc) is 2.62. The molecular formula is C13H19NO. The number of para-hydroxylation sites is 1. The van der Waals surface area contributed by atoms with Gasteiger partial charge in [-0.1, -0.05) is 24.6 Å². The molecule has 1 aliphatic heterocycles. The summed E-state index contributed by atoms with van der Waals surface area (Å²) in [5.41, 5.74) is 7.12. The van der Waals surface area contributed by atoms with Gasteiger partial charge >= 0.3 is 0 Å². The van der Waals surface area contributed by atoms with E-state index in [4.69, 9.17) is 10.5 Å². The van der Waals surface area contributed by atoms with Crippen LogP contribution in [0.25, 0.3) is 0 Å². The van der Waals surface area contributed by atoms with Crippen LogP contribution in [0.2, 0.25) is 0 Å². The van der Waals surface area contributed by atoms with E-state index in [1.165, 1.54) is 18.4 Å². The van der Waals surface area contributed by atoms with Crippen LogP contribution in [0, 0.1) is 0 Å². The van der Waals surface area contributed by atoms with Crippen LogP contribution in [0.15, 0.2) is 24.3 Å². The van der Waals surface area contributed by atoms with Gasteiger partial charge < -0.3 is 10.5 Å². The summed E-state index contributed by atoms with van der Waals surface area (Å²) >= 11 is 0. The second-order valence-electron chi connectivity index (χ2n) is 4.45. The molecule has 2 atom stereocenters. The van der Waals surface area contributed by atoms with Gasteiger partial charge in [-0.15, -0.1) is 0 Å². The molecule has 1 aromatic rings. The van der Waals surface area contributed by atoms with Gasteiger partial charge in [0, 0.05) is 17.5 Å². The molecule has 0 aliphatic carbocycles. The van der Waals surface area contributed by atoms with E-state index in [2.05, 4.69) is 25.1 Å². The molecule has 2 rings (SSSR count). The summed E-state index contributed by atoms with van der Waals surface area (Å²) in [5, 5.41) is 0. The van der Waals surface area contributed by atoms with E-state index in [1.54, 1.807) is 0 Å². The SMILES string of the molecule is CC(N)CCCC1COc2ccccc21. The van der Waals surface area contributed by atoms with Gasteiger partial charge in [0.25, 0.3) is 0 Å². The van der Waals surface area contributed by atoms with Crippen LogP contribution >= 0.6 is 0 Å². The number of rotatable bonds is 4. The van der Waals surface area contributed by atoms with Gasteiger partial charge in [0.05, 0.1) is 6.61 Å². The van der Waals surface area contributed by atoms with E-state index < -0.39 is 0 Å². The maximum atomic E-state index is 5.74. The van der Waals surface area contributed by atoms with Gasteiger partial charge in [0.2, 0.25) is 0 Å². The predicted molar refractivity (Wildman–Crippen MR) is 62.2 cm³/mol. The Kier molecular flexibility index (Phi) is 3.27. The lowest BCUT2D eigenvalue weighted by molar-refractivity contribution is 0.321. The fourth-order valence-corrected chi connectivity index (χ4v) is 2.15. The number of nitrogens with two attached hydrogens (primary N) is 1. The minimum atomic E-state index is 0.322. The van der Waals surface area contributed by atoms with Crippen molar-refractivity contribution >= 4 is 0 Å². The quantitative estimate of drug-likeness (QED) is 0.820. The summed E-state index contributed by atoms with van der Waals surface area (Å²) in [6, 6.07) is 8.68.